The van der Waals surface area contributed by atoms with Crippen molar-refractivity contribution in [3.05, 3.63) is 101 Å². The van der Waals surface area contributed by atoms with E-state index >= 15 is 0 Å². The predicted octanol–water partition coefficient (Wildman–Crippen LogP) is 3.77. The monoisotopic (exact) mass is 383 g/mol. The highest BCUT2D eigenvalue weighted by molar-refractivity contribution is 6.22. The van der Waals surface area contributed by atoms with Crippen LogP contribution >= 0.6 is 0 Å². The molecule has 142 valence electrons. The normalized spacial score (nSPS) is 12.6. The molecule has 3 amide bonds. The van der Waals surface area contributed by atoms with Gasteiger partial charge in [-0.25, -0.2) is 0 Å². The summed E-state index contributed by atoms with van der Waals surface area (Å²) in [5.74, 6) is -1.16. The molecule has 0 aliphatic carbocycles. The van der Waals surface area contributed by atoms with Gasteiger partial charge in [-0.2, -0.15) is 0 Å². The summed E-state index contributed by atoms with van der Waals surface area (Å²) in [4.78, 5) is 43.2. The van der Waals surface area contributed by atoms with E-state index in [1.54, 1.807) is 48.8 Å². The third-order valence-electron chi connectivity index (χ3n) is 4.68. The third-order valence-corrected chi connectivity index (χ3v) is 4.68. The Kier molecular flexibility index (Phi) is 4.75. The maximum absolute atomic E-state index is 12.8. The van der Waals surface area contributed by atoms with E-state index in [2.05, 4.69) is 16.9 Å². The highest BCUT2D eigenvalue weighted by atomic mass is 16.2. The largest absolute Gasteiger partial charge is 0.322 e. The lowest BCUT2D eigenvalue weighted by Gasteiger charge is -2.13. The molecule has 0 unspecified atom stereocenters. The number of nitrogens with one attached hydrogen (secondary N) is 1. The van der Waals surface area contributed by atoms with Crippen molar-refractivity contribution in [3.63, 3.8) is 0 Å². The van der Waals surface area contributed by atoms with Gasteiger partial charge in [-0.15, -0.1) is 0 Å². The van der Waals surface area contributed by atoms with Gasteiger partial charge >= 0.3 is 0 Å². The van der Waals surface area contributed by atoms with Crippen LogP contribution in [0, 0.1) is 0 Å². The van der Waals surface area contributed by atoms with Crippen LogP contribution in [0.5, 0.6) is 0 Å². The zero-order chi connectivity index (χ0) is 20.4. The molecule has 1 N–H and O–H groups in total. The number of anilines is 1. The molecule has 0 spiro atoms. The molecule has 29 heavy (non-hydrogen) atoms. The Balaban J connectivity index is 1.56. The molecule has 4 rings (SSSR count). The van der Waals surface area contributed by atoms with E-state index in [0.29, 0.717) is 16.8 Å². The average molecular weight is 383 g/mol. The average Bonchev–Trinajstić information content (AvgIpc) is 2.99. The number of carbonyl (C=O) groups excluding carboxylic acids is 3. The van der Waals surface area contributed by atoms with E-state index in [1.807, 2.05) is 12.1 Å². The van der Waals surface area contributed by atoms with Crippen LogP contribution in [0.4, 0.5) is 5.69 Å². The molecule has 0 bridgehead atoms. The van der Waals surface area contributed by atoms with E-state index in [0.717, 1.165) is 16.0 Å². The first-order chi connectivity index (χ1) is 14.1. The molecule has 0 radical (unpaired) electrons. The number of benzene rings is 2. The van der Waals surface area contributed by atoms with Crippen molar-refractivity contribution >= 4 is 29.5 Å². The van der Waals surface area contributed by atoms with Crippen molar-refractivity contribution in [2.24, 2.45) is 0 Å². The van der Waals surface area contributed by atoms with Crippen LogP contribution in [0.1, 0.15) is 42.2 Å². The summed E-state index contributed by atoms with van der Waals surface area (Å²) in [5, 5.41) is 2.80. The summed E-state index contributed by atoms with van der Waals surface area (Å²) in [6, 6.07) is 15.3. The number of pyridine rings is 1. The van der Waals surface area contributed by atoms with E-state index in [4.69, 9.17) is 0 Å². The van der Waals surface area contributed by atoms with Gasteiger partial charge in [-0.3, -0.25) is 24.3 Å². The maximum Gasteiger partial charge on any atom is 0.261 e. The van der Waals surface area contributed by atoms with Crippen molar-refractivity contribution in [1.29, 1.82) is 0 Å². The molecule has 3 aromatic rings. The molecular weight excluding hydrogens is 366 g/mol. The number of fused-ring (bicyclic) bond motifs is 1. The molecule has 1 aliphatic heterocycles. The molecule has 0 saturated heterocycles. The SMILES string of the molecule is C=Cc1cccc(NC(=O)c2ccc3c(c2)C(=O)N(Cc2cccnc2)C3=O)c1. The second-order valence-corrected chi connectivity index (χ2v) is 6.60. The first kappa shape index (κ1) is 18.3. The molecule has 0 atom stereocenters. The van der Waals surface area contributed by atoms with Gasteiger partial charge in [0.25, 0.3) is 17.7 Å². The fourth-order valence-corrected chi connectivity index (χ4v) is 3.20. The fourth-order valence-electron chi connectivity index (χ4n) is 3.20. The first-order valence-electron chi connectivity index (χ1n) is 9.00. The van der Waals surface area contributed by atoms with Gasteiger partial charge in [0, 0.05) is 23.6 Å². The van der Waals surface area contributed by atoms with Crippen LogP contribution in [-0.4, -0.2) is 27.6 Å². The zero-order valence-corrected chi connectivity index (χ0v) is 15.5. The minimum absolute atomic E-state index is 0.135. The molecule has 0 fully saturated rings. The molecule has 6 heteroatoms. The van der Waals surface area contributed by atoms with Gasteiger partial charge < -0.3 is 5.32 Å². The van der Waals surface area contributed by atoms with Crippen molar-refractivity contribution in [1.82, 2.24) is 9.88 Å². The minimum atomic E-state index is -0.419. The second-order valence-electron chi connectivity index (χ2n) is 6.60. The second kappa shape index (κ2) is 7.52. The van der Waals surface area contributed by atoms with Crippen molar-refractivity contribution in [3.8, 4) is 0 Å². The van der Waals surface area contributed by atoms with Crippen molar-refractivity contribution in [2.75, 3.05) is 5.32 Å². The summed E-state index contributed by atoms with van der Waals surface area (Å²) in [6.07, 6.45) is 4.92. The fraction of sp³-hybridized carbons (Fsp3) is 0.0435. The third kappa shape index (κ3) is 3.55. The highest BCUT2D eigenvalue weighted by Gasteiger charge is 2.36. The van der Waals surface area contributed by atoms with Crippen LogP contribution in [0.3, 0.4) is 0 Å². The predicted molar refractivity (Wildman–Crippen MR) is 109 cm³/mol. The summed E-state index contributed by atoms with van der Waals surface area (Å²) >= 11 is 0. The number of imide groups is 1. The van der Waals surface area contributed by atoms with Crippen LogP contribution in [0.2, 0.25) is 0 Å². The molecule has 2 heterocycles. The summed E-state index contributed by atoms with van der Waals surface area (Å²) < 4.78 is 0. The van der Waals surface area contributed by atoms with E-state index in [9.17, 15) is 14.4 Å². The first-order valence-corrected chi connectivity index (χ1v) is 9.00. The Morgan fingerprint density at radius 3 is 2.62 bits per heavy atom. The lowest BCUT2D eigenvalue weighted by atomic mass is 10.1. The number of nitrogens with zero attached hydrogens (tertiary/aromatic N) is 2. The molecule has 6 nitrogen and oxygen atoms in total. The Morgan fingerprint density at radius 2 is 1.86 bits per heavy atom. The summed E-state index contributed by atoms with van der Waals surface area (Å²) in [6.45, 7) is 3.85. The standard InChI is InChI=1S/C23H17N3O3/c1-2-15-5-3-7-18(11-15)25-21(27)17-8-9-19-20(12-17)23(29)26(22(19)28)14-16-6-4-10-24-13-16/h2-13H,1,14H2,(H,25,27). The lowest BCUT2D eigenvalue weighted by Crippen LogP contribution is -2.29. The van der Waals surface area contributed by atoms with Gasteiger partial charge in [0.2, 0.25) is 0 Å². The van der Waals surface area contributed by atoms with Crippen LogP contribution in [0.25, 0.3) is 6.08 Å². The van der Waals surface area contributed by atoms with Crippen LogP contribution in [0.15, 0.2) is 73.6 Å². The molecule has 2 aromatic carbocycles. The number of hydrogen-bond donors (Lipinski definition) is 1. The Labute approximate surface area is 167 Å². The maximum atomic E-state index is 12.8. The van der Waals surface area contributed by atoms with Gasteiger partial charge in [0.05, 0.1) is 17.7 Å². The van der Waals surface area contributed by atoms with E-state index < -0.39 is 5.91 Å². The summed E-state index contributed by atoms with van der Waals surface area (Å²) in [7, 11) is 0. The quantitative estimate of drug-likeness (QED) is 0.680. The Bertz CT molecular complexity index is 1140. The molecule has 0 saturated carbocycles. The van der Waals surface area contributed by atoms with Gasteiger partial charge in [0.15, 0.2) is 0 Å². The number of aromatic nitrogens is 1. The van der Waals surface area contributed by atoms with Crippen molar-refractivity contribution < 1.29 is 14.4 Å². The Morgan fingerprint density at radius 1 is 1.03 bits per heavy atom. The van der Waals surface area contributed by atoms with Gasteiger partial charge in [-0.1, -0.05) is 30.9 Å². The number of carbonyl (C=O) groups is 3. The topological polar surface area (TPSA) is 79.4 Å². The van der Waals surface area contributed by atoms with E-state index in [1.165, 1.54) is 12.1 Å². The van der Waals surface area contributed by atoms with Crippen molar-refractivity contribution in [2.45, 2.75) is 6.54 Å². The van der Waals surface area contributed by atoms with Gasteiger partial charge in [0.1, 0.15) is 0 Å². The molecule has 1 aromatic heterocycles. The van der Waals surface area contributed by atoms with Gasteiger partial charge in [-0.05, 0) is 47.5 Å². The van der Waals surface area contributed by atoms with Crippen LogP contribution in [-0.2, 0) is 6.54 Å². The number of amides is 3. The summed E-state index contributed by atoms with van der Waals surface area (Å²) in [5.41, 5.74) is 3.08. The lowest BCUT2D eigenvalue weighted by molar-refractivity contribution is 0.0642. The molecule has 1 aliphatic rings. The van der Waals surface area contributed by atoms with E-state index in [-0.39, 0.29) is 23.9 Å². The minimum Gasteiger partial charge on any atom is -0.322 e. The number of rotatable bonds is 5. The van der Waals surface area contributed by atoms with Crippen LogP contribution < -0.4 is 5.32 Å². The Hall–Kier alpha value is -4.06. The molecular formula is C23H17N3O3. The zero-order valence-electron chi connectivity index (χ0n) is 15.5. The number of hydrogen-bond acceptors (Lipinski definition) is 4. The smallest absolute Gasteiger partial charge is 0.261 e. The highest BCUT2D eigenvalue weighted by Crippen LogP contribution is 2.26.